The number of pyridine rings is 1. The maximum Gasteiger partial charge on any atom is 0.290 e. The van der Waals surface area contributed by atoms with Crippen LogP contribution in [0.25, 0.3) is 23.1 Å². The Morgan fingerprint density at radius 2 is 2.17 bits per heavy atom. The monoisotopic (exact) mass is 405 g/mol. The second-order valence-corrected chi connectivity index (χ2v) is 7.23. The number of thioether (sulfide) groups is 1. The maximum absolute atomic E-state index is 12.1. The van der Waals surface area contributed by atoms with E-state index in [0.717, 1.165) is 33.8 Å². The summed E-state index contributed by atoms with van der Waals surface area (Å²) in [5.74, 6) is -0.642. The number of nitrogens with one attached hydrogen (secondary N) is 2. The van der Waals surface area contributed by atoms with E-state index in [2.05, 4.69) is 15.6 Å². The van der Waals surface area contributed by atoms with Gasteiger partial charge in [-0.05, 0) is 53.2 Å². The van der Waals surface area contributed by atoms with Gasteiger partial charge in [0.15, 0.2) is 0 Å². The molecule has 1 aliphatic heterocycles. The Bertz CT molecular complexity index is 1170. The number of hydrogen-bond acceptors (Lipinski definition) is 6. The van der Waals surface area contributed by atoms with Crippen molar-refractivity contribution in [2.75, 3.05) is 0 Å². The summed E-state index contributed by atoms with van der Waals surface area (Å²) in [5.41, 5.74) is 3.05. The molecule has 144 valence electrons. The molecule has 7 nitrogen and oxygen atoms in total. The first kappa shape index (κ1) is 18.7. The molecule has 1 aromatic carbocycles. The third-order valence-electron chi connectivity index (χ3n) is 4.17. The molecule has 0 unspecified atom stereocenters. The van der Waals surface area contributed by atoms with Crippen LogP contribution in [0, 0.1) is 0 Å². The van der Waals surface area contributed by atoms with Gasteiger partial charge in [0.2, 0.25) is 5.91 Å². The molecule has 29 heavy (non-hydrogen) atoms. The molecule has 1 fully saturated rings. The third-order valence-corrected chi connectivity index (χ3v) is 4.98. The van der Waals surface area contributed by atoms with Crippen molar-refractivity contribution in [2.45, 2.75) is 6.54 Å². The van der Waals surface area contributed by atoms with Gasteiger partial charge in [0.1, 0.15) is 5.58 Å². The Morgan fingerprint density at radius 3 is 2.93 bits per heavy atom. The molecule has 0 radical (unpaired) electrons. The van der Waals surface area contributed by atoms with E-state index in [-0.39, 0.29) is 11.1 Å². The van der Waals surface area contributed by atoms with Gasteiger partial charge in [-0.15, -0.1) is 0 Å². The van der Waals surface area contributed by atoms with Crippen LogP contribution in [-0.2, 0) is 16.1 Å². The molecule has 2 N–H and O–H groups in total. The number of furan rings is 1. The fourth-order valence-electron chi connectivity index (χ4n) is 2.77. The Balaban J connectivity index is 1.49. The molecule has 0 aliphatic carbocycles. The zero-order chi connectivity index (χ0) is 20.2. The van der Waals surface area contributed by atoms with Crippen molar-refractivity contribution >= 4 is 51.9 Å². The van der Waals surface area contributed by atoms with Crippen LogP contribution < -0.4 is 10.6 Å². The molecule has 0 spiro atoms. The quantitative estimate of drug-likeness (QED) is 0.630. The predicted molar refractivity (Wildman–Crippen MR) is 110 cm³/mol. The van der Waals surface area contributed by atoms with E-state index in [1.165, 1.54) is 6.08 Å². The fraction of sp³-hybridized carbons (Fsp3) is 0.0476. The van der Waals surface area contributed by atoms with Crippen LogP contribution in [0.1, 0.15) is 16.7 Å². The number of rotatable bonds is 5. The van der Waals surface area contributed by atoms with E-state index < -0.39 is 5.91 Å². The van der Waals surface area contributed by atoms with Crippen molar-refractivity contribution in [3.8, 4) is 0 Å². The van der Waals surface area contributed by atoms with Crippen molar-refractivity contribution in [3.05, 3.63) is 76.7 Å². The molecule has 8 heteroatoms. The minimum atomic E-state index is -0.405. The van der Waals surface area contributed by atoms with Crippen molar-refractivity contribution in [2.24, 2.45) is 0 Å². The fourth-order valence-corrected chi connectivity index (χ4v) is 3.46. The lowest BCUT2D eigenvalue weighted by Crippen LogP contribution is -2.20. The van der Waals surface area contributed by atoms with Crippen LogP contribution in [0.4, 0.5) is 4.79 Å². The number of nitrogens with zero attached hydrogens (tertiary/aromatic N) is 1. The molecule has 3 heterocycles. The number of aromatic nitrogens is 1. The maximum atomic E-state index is 12.1. The van der Waals surface area contributed by atoms with E-state index in [1.54, 1.807) is 42.9 Å². The highest BCUT2D eigenvalue weighted by molar-refractivity contribution is 8.18. The van der Waals surface area contributed by atoms with Crippen LogP contribution in [0.2, 0.25) is 0 Å². The van der Waals surface area contributed by atoms with Crippen LogP contribution in [0.3, 0.4) is 0 Å². The summed E-state index contributed by atoms with van der Waals surface area (Å²) in [4.78, 5) is 39.4. The first-order valence-electron chi connectivity index (χ1n) is 8.69. The number of carbonyl (C=O) groups excluding carboxylic acids is 3. The molecule has 4 rings (SSSR count). The lowest BCUT2D eigenvalue weighted by Gasteiger charge is -2.01. The van der Waals surface area contributed by atoms with E-state index >= 15 is 0 Å². The minimum Gasteiger partial charge on any atom is -0.464 e. The molecule has 3 amide bonds. The van der Waals surface area contributed by atoms with Crippen LogP contribution in [-0.4, -0.2) is 22.0 Å². The second kappa shape index (κ2) is 8.15. The number of benzene rings is 1. The average molecular weight is 405 g/mol. The van der Waals surface area contributed by atoms with Gasteiger partial charge in [0.25, 0.3) is 11.1 Å². The Kier molecular flexibility index (Phi) is 5.26. The normalized spacial score (nSPS) is 15.4. The third kappa shape index (κ3) is 4.44. The van der Waals surface area contributed by atoms with Gasteiger partial charge in [-0.1, -0.05) is 12.1 Å². The lowest BCUT2D eigenvalue weighted by molar-refractivity contribution is -0.117. The molecule has 0 saturated carbocycles. The zero-order valence-corrected chi connectivity index (χ0v) is 15.9. The molecule has 1 aliphatic rings. The highest BCUT2D eigenvalue weighted by Crippen LogP contribution is 2.28. The highest BCUT2D eigenvalue weighted by atomic mass is 32.2. The Morgan fingerprint density at radius 1 is 1.28 bits per heavy atom. The molecule has 3 aromatic rings. The molecule has 2 aromatic heterocycles. The molecule has 1 saturated heterocycles. The van der Waals surface area contributed by atoms with Gasteiger partial charge < -0.3 is 9.73 Å². The van der Waals surface area contributed by atoms with Crippen molar-refractivity contribution in [3.63, 3.8) is 0 Å². The summed E-state index contributed by atoms with van der Waals surface area (Å²) in [6, 6.07) is 9.11. The topological polar surface area (TPSA) is 101 Å². The summed E-state index contributed by atoms with van der Waals surface area (Å²) < 4.78 is 5.52. The smallest absolute Gasteiger partial charge is 0.290 e. The predicted octanol–water partition coefficient (Wildman–Crippen LogP) is 3.48. The highest BCUT2D eigenvalue weighted by Gasteiger charge is 2.24. The summed E-state index contributed by atoms with van der Waals surface area (Å²) >= 11 is 0.865. The summed E-state index contributed by atoms with van der Waals surface area (Å²) in [5, 5.41) is 5.43. The zero-order valence-electron chi connectivity index (χ0n) is 15.0. The van der Waals surface area contributed by atoms with Gasteiger partial charge in [-0.2, -0.15) is 0 Å². The van der Waals surface area contributed by atoms with Crippen molar-refractivity contribution < 1.29 is 18.8 Å². The lowest BCUT2D eigenvalue weighted by atomic mass is 10.1. The van der Waals surface area contributed by atoms with Gasteiger partial charge in [0, 0.05) is 36.0 Å². The molecular weight excluding hydrogens is 390 g/mol. The van der Waals surface area contributed by atoms with Gasteiger partial charge in [-0.3, -0.25) is 24.7 Å². The molecule has 0 bridgehead atoms. The average Bonchev–Trinajstić information content (AvgIpc) is 3.27. The van der Waals surface area contributed by atoms with E-state index in [4.69, 9.17) is 4.42 Å². The van der Waals surface area contributed by atoms with Crippen molar-refractivity contribution in [1.29, 1.82) is 0 Å². The summed E-state index contributed by atoms with van der Waals surface area (Å²) in [7, 11) is 0. The van der Waals surface area contributed by atoms with E-state index in [0.29, 0.717) is 17.0 Å². The largest absolute Gasteiger partial charge is 0.464 e. The SMILES string of the molecule is O=C(/C=C/c1coc2ccc(/C=C3\SC(=O)NC3=O)cc12)NCc1cccnc1. The number of fused-ring (bicyclic) bond motifs is 1. The van der Waals surface area contributed by atoms with Crippen LogP contribution in [0.5, 0.6) is 0 Å². The second-order valence-electron chi connectivity index (χ2n) is 6.21. The van der Waals surface area contributed by atoms with Crippen LogP contribution >= 0.6 is 11.8 Å². The number of imide groups is 1. The molecule has 0 atom stereocenters. The van der Waals surface area contributed by atoms with E-state index in [9.17, 15) is 14.4 Å². The Hall–Kier alpha value is -3.65. The molecular formula is C21H15N3O4S. The van der Waals surface area contributed by atoms with Gasteiger partial charge in [-0.25, -0.2) is 0 Å². The van der Waals surface area contributed by atoms with Crippen molar-refractivity contribution in [1.82, 2.24) is 15.6 Å². The number of hydrogen-bond donors (Lipinski definition) is 2. The summed E-state index contributed by atoms with van der Waals surface area (Å²) in [6.07, 6.45) is 9.68. The standard InChI is InChI=1S/C21H15N3O4S/c25-19(23-11-14-2-1-7-22-10-14)6-4-15-12-28-17-5-3-13(8-16(15)17)9-18-20(26)24-21(27)29-18/h1-10,12H,11H2,(H,23,25)(H,24,26,27)/b6-4+,18-9-. The van der Waals surface area contributed by atoms with Gasteiger partial charge >= 0.3 is 0 Å². The van der Waals surface area contributed by atoms with E-state index in [1.807, 2.05) is 18.2 Å². The minimum absolute atomic E-state index is 0.237. The first-order chi connectivity index (χ1) is 14.1. The Labute approximate surface area is 169 Å². The first-order valence-corrected chi connectivity index (χ1v) is 9.51. The van der Waals surface area contributed by atoms with Gasteiger partial charge in [0.05, 0.1) is 11.2 Å². The summed E-state index contributed by atoms with van der Waals surface area (Å²) in [6.45, 7) is 0.388. The number of amides is 3. The number of carbonyl (C=O) groups is 3. The van der Waals surface area contributed by atoms with Crippen LogP contribution in [0.15, 0.2) is 64.4 Å².